The average molecular weight is 289 g/mol. The highest BCUT2D eigenvalue weighted by atomic mass is 16.3. The van der Waals surface area contributed by atoms with Gasteiger partial charge >= 0.3 is 0 Å². The smallest absolute Gasteiger partial charge is 0.124 e. The number of aromatic hydroxyl groups is 1. The molecular weight excluding hydrogens is 258 g/mol. The Morgan fingerprint density at radius 3 is 1.62 bits per heavy atom. The summed E-state index contributed by atoms with van der Waals surface area (Å²) in [4.78, 5) is 4.52. The molecule has 118 valence electrons. The minimum Gasteiger partial charge on any atom is -0.507 e. The number of hydrogen-bond donors (Lipinski definition) is 1. The first-order valence-electron chi connectivity index (χ1n) is 7.65. The van der Waals surface area contributed by atoms with E-state index in [1.807, 2.05) is 6.07 Å². The predicted molar refractivity (Wildman–Crippen MR) is 92.9 cm³/mol. The number of phenolic OH excluding ortho intramolecular Hbond substituents is 1. The van der Waals surface area contributed by atoms with Gasteiger partial charge in [-0.3, -0.25) is 4.99 Å². The van der Waals surface area contributed by atoms with Crippen LogP contribution in [0.1, 0.15) is 79.0 Å². The molecule has 0 aromatic heterocycles. The van der Waals surface area contributed by atoms with Crippen LogP contribution in [0.4, 0.5) is 0 Å². The van der Waals surface area contributed by atoms with E-state index in [2.05, 4.69) is 73.4 Å². The molecule has 21 heavy (non-hydrogen) atoms. The van der Waals surface area contributed by atoms with E-state index in [0.29, 0.717) is 5.75 Å². The topological polar surface area (TPSA) is 32.6 Å². The number of nitrogens with zero attached hydrogens (tertiary/aromatic N) is 1. The van der Waals surface area contributed by atoms with Crippen LogP contribution < -0.4 is 0 Å². The molecule has 0 unspecified atom stereocenters. The molecule has 0 fully saturated rings. The van der Waals surface area contributed by atoms with E-state index >= 15 is 0 Å². The van der Waals surface area contributed by atoms with Crippen molar-refractivity contribution in [1.29, 1.82) is 0 Å². The van der Waals surface area contributed by atoms with Crippen LogP contribution in [0.25, 0.3) is 0 Å². The van der Waals surface area contributed by atoms with E-state index in [4.69, 9.17) is 0 Å². The molecule has 0 aliphatic carbocycles. The van der Waals surface area contributed by atoms with Crippen LogP contribution in [0.15, 0.2) is 17.1 Å². The second kappa shape index (κ2) is 5.47. The molecule has 1 aromatic rings. The van der Waals surface area contributed by atoms with Crippen LogP contribution in [0, 0.1) is 0 Å². The molecule has 1 rings (SSSR count). The van der Waals surface area contributed by atoms with Crippen molar-refractivity contribution in [3.63, 3.8) is 0 Å². The monoisotopic (exact) mass is 289 g/mol. The molecule has 0 spiro atoms. The zero-order valence-corrected chi connectivity index (χ0v) is 15.1. The van der Waals surface area contributed by atoms with Gasteiger partial charge in [-0.15, -0.1) is 0 Å². The van der Waals surface area contributed by atoms with Gasteiger partial charge in [0.25, 0.3) is 0 Å². The second-order valence-electron chi connectivity index (χ2n) is 8.89. The number of aliphatic imine (C=N–C) groups is 1. The van der Waals surface area contributed by atoms with Crippen LogP contribution in [0.2, 0.25) is 0 Å². The van der Waals surface area contributed by atoms with Gasteiger partial charge in [-0.05, 0) is 54.9 Å². The highest BCUT2D eigenvalue weighted by Gasteiger charge is 2.26. The Morgan fingerprint density at radius 1 is 0.810 bits per heavy atom. The summed E-state index contributed by atoms with van der Waals surface area (Å²) in [6, 6.07) is 4.00. The van der Waals surface area contributed by atoms with Crippen molar-refractivity contribution in [1.82, 2.24) is 0 Å². The van der Waals surface area contributed by atoms with Gasteiger partial charge in [0.1, 0.15) is 5.75 Å². The summed E-state index contributed by atoms with van der Waals surface area (Å²) < 4.78 is 0. The number of hydrogen-bond acceptors (Lipinski definition) is 2. The fraction of sp³-hybridized carbons (Fsp3) is 0.632. The fourth-order valence-electron chi connectivity index (χ4n) is 2.21. The summed E-state index contributed by atoms with van der Waals surface area (Å²) in [6.45, 7) is 19.3. The van der Waals surface area contributed by atoms with Crippen LogP contribution in [0.5, 0.6) is 5.75 Å². The highest BCUT2D eigenvalue weighted by Crippen LogP contribution is 2.37. The van der Waals surface area contributed by atoms with Crippen LogP contribution in [0.3, 0.4) is 0 Å². The molecule has 0 atom stereocenters. The number of phenols is 1. The molecule has 0 aliphatic rings. The normalized spacial score (nSPS) is 14.0. The maximum Gasteiger partial charge on any atom is 0.124 e. The maximum absolute atomic E-state index is 10.4. The first kappa shape index (κ1) is 17.7. The van der Waals surface area contributed by atoms with Gasteiger partial charge in [0.05, 0.1) is 5.54 Å². The van der Waals surface area contributed by atoms with Crippen molar-refractivity contribution in [2.24, 2.45) is 4.99 Å². The zero-order valence-electron chi connectivity index (χ0n) is 15.1. The minimum absolute atomic E-state index is 0.000205. The first-order valence-corrected chi connectivity index (χ1v) is 7.65. The van der Waals surface area contributed by atoms with Crippen LogP contribution in [-0.4, -0.2) is 16.9 Å². The molecule has 0 saturated heterocycles. The van der Waals surface area contributed by atoms with E-state index < -0.39 is 0 Å². The summed E-state index contributed by atoms with van der Waals surface area (Å²) >= 11 is 0. The predicted octanol–water partition coefficient (Wildman–Crippen LogP) is 5.20. The summed E-state index contributed by atoms with van der Waals surface area (Å²) in [6.07, 6.45) is 1.79. The molecule has 0 aliphatic heterocycles. The molecule has 0 radical (unpaired) electrons. The van der Waals surface area contributed by atoms with Crippen molar-refractivity contribution in [3.8, 4) is 5.75 Å². The van der Waals surface area contributed by atoms with Gasteiger partial charge < -0.3 is 5.11 Å². The number of benzene rings is 1. The lowest BCUT2D eigenvalue weighted by Crippen LogP contribution is -2.22. The van der Waals surface area contributed by atoms with Crippen LogP contribution >= 0.6 is 0 Å². The van der Waals surface area contributed by atoms with Crippen molar-refractivity contribution in [3.05, 3.63) is 28.8 Å². The fourth-order valence-corrected chi connectivity index (χ4v) is 2.21. The zero-order chi connectivity index (χ0) is 16.6. The Bertz CT molecular complexity index is 534. The lowest BCUT2D eigenvalue weighted by atomic mass is 9.74. The molecule has 2 nitrogen and oxygen atoms in total. The summed E-state index contributed by atoms with van der Waals surface area (Å²) in [5.41, 5.74) is 3.14. The highest BCUT2D eigenvalue weighted by molar-refractivity contribution is 5.84. The van der Waals surface area contributed by atoms with Gasteiger partial charge in [0, 0.05) is 11.8 Å². The molecule has 0 amide bonds. The minimum atomic E-state index is -0.142. The lowest BCUT2D eigenvalue weighted by molar-refractivity contribution is 0.465. The van der Waals surface area contributed by atoms with Gasteiger partial charge in [0.15, 0.2) is 0 Å². The maximum atomic E-state index is 10.4. The van der Waals surface area contributed by atoms with E-state index in [1.165, 1.54) is 11.1 Å². The Kier molecular flexibility index (Phi) is 4.62. The summed E-state index contributed by atoms with van der Waals surface area (Å²) in [5.74, 6) is 0.306. The molecule has 2 heteroatoms. The van der Waals surface area contributed by atoms with Crippen molar-refractivity contribution in [2.75, 3.05) is 0 Å². The van der Waals surface area contributed by atoms with Gasteiger partial charge in [-0.2, -0.15) is 0 Å². The molecule has 0 heterocycles. The van der Waals surface area contributed by atoms with E-state index in [1.54, 1.807) is 6.21 Å². The molecule has 0 bridgehead atoms. The largest absolute Gasteiger partial charge is 0.507 e. The number of rotatable bonds is 1. The average Bonchev–Trinajstić information content (AvgIpc) is 2.22. The van der Waals surface area contributed by atoms with Crippen molar-refractivity contribution < 1.29 is 5.11 Å². The van der Waals surface area contributed by atoms with Crippen LogP contribution in [-0.2, 0) is 10.8 Å². The van der Waals surface area contributed by atoms with E-state index in [9.17, 15) is 5.11 Å². The Hall–Kier alpha value is -1.31. The third kappa shape index (κ3) is 4.87. The van der Waals surface area contributed by atoms with E-state index in [0.717, 1.165) is 5.56 Å². The lowest BCUT2D eigenvalue weighted by Gasteiger charge is -2.30. The Balaban J connectivity index is 3.50. The Labute approximate surface area is 130 Å². The third-order valence-corrected chi connectivity index (χ3v) is 3.37. The molecular formula is C19H31NO. The first-order chi connectivity index (χ1) is 9.22. The second-order valence-corrected chi connectivity index (χ2v) is 8.89. The molecule has 0 saturated carbocycles. The SMILES string of the molecule is CC(C)(C)/N=C/c1cc(C(C)(C)C)c(C(C)(C)C)cc1O. The van der Waals surface area contributed by atoms with Gasteiger partial charge in [-0.25, -0.2) is 0 Å². The Morgan fingerprint density at radius 2 is 1.24 bits per heavy atom. The van der Waals surface area contributed by atoms with Crippen molar-refractivity contribution >= 4 is 6.21 Å². The molecule has 1 aromatic carbocycles. The standard InChI is InChI=1S/C19H31NO/c1-17(2,3)14-10-13(12-20-19(7,8)9)16(21)11-15(14)18(4,5)6/h10-12,21H,1-9H3/b20-12+. The molecule has 1 N–H and O–H groups in total. The summed E-state index contributed by atoms with van der Waals surface area (Å²) in [5, 5.41) is 10.4. The van der Waals surface area contributed by atoms with Gasteiger partial charge in [-0.1, -0.05) is 41.5 Å². The van der Waals surface area contributed by atoms with Gasteiger partial charge in [0.2, 0.25) is 0 Å². The van der Waals surface area contributed by atoms with Crippen molar-refractivity contribution in [2.45, 2.75) is 78.7 Å². The van der Waals surface area contributed by atoms with E-state index in [-0.39, 0.29) is 16.4 Å². The quantitative estimate of drug-likeness (QED) is 0.708. The third-order valence-electron chi connectivity index (χ3n) is 3.37. The summed E-state index contributed by atoms with van der Waals surface area (Å²) in [7, 11) is 0.